The third kappa shape index (κ3) is 3.32. The van der Waals surface area contributed by atoms with E-state index in [9.17, 15) is 8.42 Å². The first-order valence-electron chi connectivity index (χ1n) is 5.92. The largest absolute Gasteiger partial charge is 0.452 e. The molecule has 0 aromatic carbocycles. The molecule has 2 heterocycles. The van der Waals surface area contributed by atoms with Crippen LogP contribution in [0, 0.1) is 0 Å². The van der Waals surface area contributed by atoms with Crippen molar-refractivity contribution in [3.63, 3.8) is 0 Å². The molecule has 0 spiro atoms. The summed E-state index contributed by atoms with van der Waals surface area (Å²) >= 11 is 4.74. The molecule has 2 aromatic rings. The first-order chi connectivity index (χ1) is 9.45. The summed E-state index contributed by atoms with van der Waals surface area (Å²) in [7, 11) is -2.01. The lowest BCUT2D eigenvalue weighted by Gasteiger charge is -2.15. The molecule has 20 heavy (non-hydrogen) atoms. The van der Waals surface area contributed by atoms with E-state index in [2.05, 4.69) is 15.9 Å². The van der Waals surface area contributed by atoms with Gasteiger partial charge >= 0.3 is 0 Å². The molecule has 0 aliphatic carbocycles. The van der Waals surface area contributed by atoms with E-state index in [1.54, 1.807) is 18.4 Å². The molecule has 0 bridgehead atoms. The average molecular weight is 379 g/mol. The van der Waals surface area contributed by atoms with Crippen LogP contribution in [0.15, 0.2) is 37.6 Å². The zero-order valence-electron chi connectivity index (χ0n) is 10.9. The van der Waals surface area contributed by atoms with E-state index in [1.165, 1.54) is 10.4 Å². The molecule has 0 aliphatic heterocycles. The molecule has 2 rings (SSSR count). The van der Waals surface area contributed by atoms with Crippen molar-refractivity contribution >= 4 is 37.3 Å². The van der Waals surface area contributed by atoms with Crippen molar-refractivity contribution in [3.8, 4) is 0 Å². The summed E-state index contributed by atoms with van der Waals surface area (Å²) in [5.41, 5.74) is 5.45. The van der Waals surface area contributed by atoms with E-state index in [0.29, 0.717) is 18.7 Å². The SMILES string of the molecule is CN(CCc1cccs1)S(=O)(=O)c1cc(CN)oc1Br. The van der Waals surface area contributed by atoms with Gasteiger partial charge in [0.25, 0.3) is 0 Å². The van der Waals surface area contributed by atoms with Crippen molar-refractivity contribution in [2.45, 2.75) is 17.9 Å². The van der Waals surface area contributed by atoms with Gasteiger partial charge in [-0.15, -0.1) is 11.3 Å². The molecule has 110 valence electrons. The van der Waals surface area contributed by atoms with Gasteiger partial charge in [-0.25, -0.2) is 12.7 Å². The Morgan fingerprint density at radius 2 is 2.25 bits per heavy atom. The Labute approximate surface area is 130 Å². The predicted molar refractivity (Wildman–Crippen MR) is 82.1 cm³/mol. The van der Waals surface area contributed by atoms with Crippen LogP contribution in [0.1, 0.15) is 10.6 Å². The van der Waals surface area contributed by atoms with Crippen LogP contribution in [0.2, 0.25) is 0 Å². The van der Waals surface area contributed by atoms with E-state index in [-0.39, 0.29) is 16.1 Å². The van der Waals surface area contributed by atoms with Crippen molar-refractivity contribution < 1.29 is 12.8 Å². The van der Waals surface area contributed by atoms with Crippen molar-refractivity contribution in [2.75, 3.05) is 13.6 Å². The third-order valence-corrected chi connectivity index (χ3v) is 6.50. The second-order valence-corrected chi connectivity index (χ2v) is 7.98. The summed E-state index contributed by atoms with van der Waals surface area (Å²) < 4.78 is 31.6. The highest BCUT2D eigenvalue weighted by molar-refractivity contribution is 9.10. The van der Waals surface area contributed by atoms with Gasteiger partial charge in [-0.3, -0.25) is 0 Å². The Hall–Kier alpha value is -0.670. The number of hydrogen-bond donors (Lipinski definition) is 1. The van der Waals surface area contributed by atoms with Crippen LogP contribution in [0.25, 0.3) is 0 Å². The van der Waals surface area contributed by atoms with Crippen molar-refractivity contribution in [2.24, 2.45) is 5.73 Å². The molecule has 0 aliphatic rings. The van der Waals surface area contributed by atoms with Crippen LogP contribution >= 0.6 is 27.3 Å². The number of halogens is 1. The van der Waals surface area contributed by atoms with Gasteiger partial charge < -0.3 is 10.2 Å². The van der Waals surface area contributed by atoms with Crippen LogP contribution < -0.4 is 5.73 Å². The first-order valence-corrected chi connectivity index (χ1v) is 9.03. The Kier molecular flexibility index (Phi) is 5.03. The Morgan fingerprint density at radius 1 is 1.50 bits per heavy atom. The van der Waals surface area contributed by atoms with Gasteiger partial charge in [-0.2, -0.15) is 0 Å². The molecule has 0 amide bonds. The number of nitrogens with zero attached hydrogens (tertiary/aromatic N) is 1. The topological polar surface area (TPSA) is 76.5 Å². The number of furan rings is 1. The standard InChI is InChI=1S/C12H15BrN2O3S2/c1-15(5-4-10-3-2-6-19-10)20(16,17)11-7-9(8-14)18-12(11)13/h2-3,6-7H,4-5,8,14H2,1H3. The molecule has 0 fully saturated rings. The minimum atomic E-state index is -3.57. The quantitative estimate of drug-likeness (QED) is 0.837. The number of hydrogen-bond acceptors (Lipinski definition) is 5. The molecule has 0 unspecified atom stereocenters. The molecular formula is C12H15BrN2O3S2. The van der Waals surface area contributed by atoms with Gasteiger partial charge in [0, 0.05) is 24.5 Å². The number of thiophene rings is 1. The highest BCUT2D eigenvalue weighted by Gasteiger charge is 2.26. The molecule has 8 heteroatoms. The molecule has 0 saturated carbocycles. The van der Waals surface area contributed by atoms with E-state index in [4.69, 9.17) is 10.2 Å². The van der Waals surface area contributed by atoms with Crippen LogP contribution in [-0.2, 0) is 23.0 Å². The summed E-state index contributed by atoms with van der Waals surface area (Å²) in [5.74, 6) is 0.433. The lowest BCUT2D eigenvalue weighted by Crippen LogP contribution is -2.28. The van der Waals surface area contributed by atoms with E-state index in [1.807, 2.05) is 17.5 Å². The highest BCUT2D eigenvalue weighted by atomic mass is 79.9. The summed E-state index contributed by atoms with van der Waals surface area (Å²) in [5, 5.41) is 1.98. The fraction of sp³-hybridized carbons (Fsp3) is 0.333. The molecule has 2 N–H and O–H groups in total. The molecule has 0 saturated heterocycles. The highest BCUT2D eigenvalue weighted by Crippen LogP contribution is 2.28. The van der Waals surface area contributed by atoms with E-state index in [0.717, 1.165) is 4.88 Å². The smallest absolute Gasteiger partial charge is 0.247 e. The fourth-order valence-corrected chi connectivity index (χ4v) is 4.51. The minimum Gasteiger partial charge on any atom is -0.452 e. The van der Waals surface area contributed by atoms with Crippen molar-refractivity contribution in [1.29, 1.82) is 0 Å². The van der Waals surface area contributed by atoms with Gasteiger partial charge in [-0.05, 0) is 33.8 Å². The number of rotatable bonds is 6. The van der Waals surface area contributed by atoms with Crippen molar-refractivity contribution in [3.05, 3.63) is 38.9 Å². The molecule has 5 nitrogen and oxygen atoms in total. The summed E-state index contributed by atoms with van der Waals surface area (Å²) in [6.07, 6.45) is 0.687. The molecule has 0 radical (unpaired) electrons. The maximum absolute atomic E-state index is 12.4. The predicted octanol–water partition coefficient (Wildman–Crippen LogP) is 2.43. The monoisotopic (exact) mass is 378 g/mol. The van der Waals surface area contributed by atoms with Crippen molar-refractivity contribution in [1.82, 2.24) is 4.31 Å². The van der Waals surface area contributed by atoms with Gasteiger partial charge in [-0.1, -0.05) is 6.07 Å². The first kappa shape index (κ1) is 15.7. The van der Waals surface area contributed by atoms with Gasteiger partial charge in [0.15, 0.2) is 4.67 Å². The normalized spacial score (nSPS) is 12.2. The summed E-state index contributed by atoms with van der Waals surface area (Å²) in [6, 6.07) is 5.40. The zero-order valence-corrected chi connectivity index (χ0v) is 14.1. The second-order valence-electron chi connectivity index (χ2n) is 4.21. The molecule has 2 aromatic heterocycles. The summed E-state index contributed by atoms with van der Waals surface area (Å²) in [6.45, 7) is 0.575. The van der Waals surface area contributed by atoms with Crippen LogP contribution in [0.3, 0.4) is 0 Å². The Morgan fingerprint density at radius 3 is 2.80 bits per heavy atom. The van der Waals surface area contributed by atoms with E-state index < -0.39 is 10.0 Å². The van der Waals surface area contributed by atoms with Gasteiger partial charge in [0.2, 0.25) is 10.0 Å². The third-order valence-electron chi connectivity index (χ3n) is 2.85. The summed E-state index contributed by atoms with van der Waals surface area (Å²) in [4.78, 5) is 1.27. The fourth-order valence-electron chi connectivity index (χ4n) is 1.68. The van der Waals surface area contributed by atoms with Gasteiger partial charge in [0.1, 0.15) is 10.7 Å². The Bertz CT molecular complexity index is 665. The number of sulfonamides is 1. The number of likely N-dealkylation sites (N-methyl/N-ethyl adjacent to an activating group) is 1. The molecule has 0 atom stereocenters. The number of nitrogens with two attached hydrogens (primary N) is 1. The minimum absolute atomic E-state index is 0.117. The van der Waals surface area contributed by atoms with Crippen LogP contribution in [0.4, 0.5) is 0 Å². The maximum atomic E-state index is 12.4. The maximum Gasteiger partial charge on any atom is 0.247 e. The average Bonchev–Trinajstić information content (AvgIpc) is 3.04. The van der Waals surface area contributed by atoms with Crippen LogP contribution in [-0.4, -0.2) is 26.3 Å². The lowest BCUT2D eigenvalue weighted by molar-refractivity contribution is 0.463. The van der Waals surface area contributed by atoms with Gasteiger partial charge in [0.05, 0.1) is 6.54 Å². The lowest BCUT2D eigenvalue weighted by atomic mass is 10.3. The van der Waals surface area contributed by atoms with Crippen LogP contribution in [0.5, 0.6) is 0 Å². The Balaban J connectivity index is 2.14. The second kappa shape index (κ2) is 6.40. The zero-order chi connectivity index (χ0) is 14.8. The van der Waals surface area contributed by atoms with E-state index >= 15 is 0 Å². The molecular weight excluding hydrogens is 364 g/mol.